The molecule has 0 fully saturated rings. The van der Waals surface area contributed by atoms with Gasteiger partial charge in [-0.15, -0.1) is 0 Å². The Bertz CT molecular complexity index is 464. The summed E-state index contributed by atoms with van der Waals surface area (Å²) in [6.07, 6.45) is 0. The van der Waals surface area contributed by atoms with Gasteiger partial charge in [-0.3, -0.25) is 5.10 Å². The summed E-state index contributed by atoms with van der Waals surface area (Å²) in [5.74, 6) is 1.37. The van der Waals surface area contributed by atoms with Crippen molar-refractivity contribution in [3.63, 3.8) is 0 Å². The van der Waals surface area contributed by atoms with Crippen molar-refractivity contribution in [1.29, 1.82) is 0 Å². The van der Waals surface area contributed by atoms with E-state index in [1.807, 2.05) is 13.0 Å². The molecule has 4 N–H and O–H groups in total. The van der Waals surface area contributed by atoms with E-state index in [1.165, 1.54) is 0 Å². The first-order chi connectivity index (χ1) is 7.16. The van der Waals surface area contributed by atoms with E-state index in [-0.39, 0.29) is 11.8 Å². The van der Waals surface area contributed by atoms with Gasteiger partial charge in [-0.05, 0) is 19.1 Å². The minimum atomic E-state index is -0.177. The minimum absolute atomic E-state index is 0.177. The predicted molar refractivity (Wildman–Crippen MR) is 56.1 cm³/mol. The molecule has 0 saturated carbocycles. The van der Waals surface area contributed by atoms with Gasteiger partial charge in [0.25, 0.3) is 0 Å². The third-order valence-corrected chi connectivity index (χ3v) is 2.04. The molecule has 0 saturated heterocycles. The highest BCUT2D eigenvalue weighted by molar-refractivity contribution is 5.56. The Morgan fingerprint density at radius 1 is 1.47 bits per heavy atom. The second-order valence-electron chi connectivity index (χ2n) is 3.38. The zero-order valence-electron chi connectivity index (χ0n) is 8.31. The normalized spacial score (nSPS) is 12.7. The van der Waals surface area contributed by atoms with E-state index < -0.39 is 0 Å². The topological polar surface area (TPSA) is 87.8 Å². The van der Waals surface area contributed by atoms with Crippen LogP contribution in [0.5, 0.6) is 5.75 Å². The summed E-state index contributed by atoms with van der Waals surface area (Å²) in [6.45, 7) is 1.83. The maximum Gasteiger partial charge on any atom is 0.181 e. The van der Waals surface area contributed by atoms with E-state index in [9.17, 15) is 5.11 Å². The molecule has 0 amide bonds. The average Bonchev–Trinajstić information content (AvgIpc) is 2.66. The van der Waals surface area contributed by atoms with Gasteiger partial charge in [0.2, 0.25) is 0 Å². The Kier molecular flexibility index (Phi) is 2.39. The number of nitrogens with two attached hydrogens (primary N) is 1. The number of nitrogens with zero attached hydrogens (tertiary/aromatic N) is 2. The van der Waals surface area contributed by atoms with Crippen LogP contribution in [0.4, 0.5) is 0 Å². The van der Waals surface area contributed by atoms with Gasteiger partial charge in [-0.25, -0.2) is 4.98 Å². The van der Waals surface area contributed by atoms with Gasteiger partial charge < -0.3 is 10.8 Å². The van der Waals surface area contributed by atoms with Crippen molar-refractivity contribution in [2.24, 2.45) is 5.73 Å². The van der Waals surface area contributed by atoms with Gasteiger partial charge in [0, 0.05) is 5.56 Å². The Morgan fingerprint density at radius 2 is 2.27 bits per heavy atom. The SMILES string of the molecule is C[C@H](N)c1nc(-c2cccc(O)c2)n[nH]1. The second-order valence-corrected chi connectivity index (χ2v) is 3.38. The summed E-state index contributed by atoms with van der Waals surface area (Å²) in [6, 6.07) is 6.60. The molecular weight excluding hydrogens is 192 g/mol. The van der Waals surface area contributed by atoms with E-state index in [4.69, 9.17) is 5.73 Å². The lowest BCUT2D eigenvalue weighted by atomic mass is 10.2. The molecule has 2 aromatic rings. The Morgan fingerprint density at radius 3 is 2.87 bits per heavy atom. The van der Waals surface area contributed by atoms with Crippen LogP contribution in [0.1, 0.15) is 18.8 Å². The van der Waals surface area contributed by atoms with Gasteiger partial charge >= 0.3 is 0 Å². The fraction of sp³-hybridized carbons (Fsp3) is 0.200. The van der Waals surface area contributed by atoms with E-state index in [0.29, 0.717) is 11.6 Å². The smallest absolute Gasteiger partial charge is 0.181 e. The van der Waals surface area contributed by atoms with Crippen molar-refractivity contribution in [2.75, 3.05) is 0 Å². The van der Waals surface area contributed by atoms with Crippen molar-refractivity contribution < 1.29 is 5.11 Å². The number of hydrogen-bond donors (Lipinski definition) is 3. The van der Waals surface area contributed by atoms with Crippen LogP contribution >= 0.6 is 0 Å². The largest absolute Gasteiger partial charge is 0.508 e. The number of aromatic amines is 1. The lowest BCUT2D eigenvalue weighted by molar-refractivity contribution is 0.475. The van der Waals surface area contributed by atoms with Crippen molar-refractivity contribution >= 4 is 0 Å². The maximum absolute atomic E-state index is 9.30. The average molecular weight is 204 g/mol. The molecular formula is C10H12N4O. The highest BCUT2D eigenvalue weighted by atomic mass is 16.3. The maximum atomic E-state index is 9.30. The molecule has 0 aliphatic carbocycles. The van der Waals surface area contributed by atoms with Crippen LogP contribution in [0.2, 0.25) is 0 Å². The van der Waals surface area contributed by atoms with Gasteiger partial charge in [-0.1, -0.05) is 12.1 Å². The Labute approximate surface area is 87.0 Å². The molecule has 1 heterocycles. The van der Waals surface area contributed by atoms with E-state index in [2.05, 4.69) is 15.2 Å². The standard InChI is InChI=1S/C10H12N4O/c1-6(11)9-12-10(14-13-9)7-3-2-4-8(15)5-7/h2-6,15H,11H2,1H3,(H,12,13,14)/t6-/m0/s1. The van der Waals surface area contributed by atoms with Crippen LogP contribution in [0, 0.1) is 0 Å². The molecule has 1 atom stereocenters. The Hall–Kier alpha value is -1.88. The highest BCUT2D eigenvalue weighted by Crippen LogP contribution is 2.20. The molecule has 15 heavy (non-hydrogen) atoms. The summed E-state index contributed by atoms with van der Waals surface area (Å²) in [5, 5.41) is 16.1. The molecule has 5 heteroatoms. The number of aromatic hydroxyl groups is 1. The summed E-state index contributed by atoms with van der Waals surface area (Å²) >= 11 is 0. The van der Waals surface area contributed by atoms with Gasteiger partial charge in [0.15, 0.2) is 5.82 Å². The number of benzene rings is 1. The van der Waals surface area contributed by atoms with Crippen molar-refractivity contribution in [3.05, 3.63) is 30.1 Å². The molecule has 0 aliphatic heterocycles. The van der Waals surface area contributed by atoms with E-state index in [0.717, 1.165) is 5.56 Å². The molecule has 1 aromatic carbocycles. The van der Waals surface area contributed by atoms with Crippen LogP contribution < -0.4 is 5.73 Å². The Balaban J connectivity index is 2.37. The number of phenolic OH excluding ortho intramolecular Hbond substituents is 1. The summed E-state index contributed by atoms with van der Waals surface area (Å²) in [7, 11) is 0. The summed E-state index contributed by atoms with van der Waals surface area (Å²) in [4.78, 5) is 4.22. The number of phenols is 1. The predicted octanol–water partition coefficient (Wildman–Crippen LogP) is 1.20. The quantitative estimate of drug-likeness (QED) is 0.685. The monoisotopic (exact) mass is 204 g/mol. The van der Waals surface area contributed by atoms with Crippen LogP contribution in [0.25, 0.3) is 11.4 Å². The molecule has 0 spiro atoms. The first kappa shape index (κ1) is 9.67. The van der Waals surface area contributed by atoms with Crippen LogP contribution in [-0.4, -0.2) is 20.3 Å². The molecule has 0 unspecified atom stereocenters. The lowest BCUT2D eigenvalue weighted by Gasteiger charge is -1.97. The molecule has 5 nitrogen and oxygen atoms in total. The van der Waals surface area contributed by atoms with Crippen LogP contribution in [0.15, 0.2) is 24.3 Å². The number of hydrogen-bond acceptors (Lipinski definition) is 4. The molecule has 0 aliphatic rings. The number of aromatic nitrogens is 3. The van der Waals surface area contributed by atoms with E-state index in [1.54, 1.807) is 18.2 Å². The molecule has 1 aromatic heterocycles. The fourth-order valence-corrected chi connectivity index (χ4v) is 1.25. The zero-order chi connectivity index (χ0) is 10.8. The zero-order valence-corrected chi connectivity index (χ0v) is 8.31. The van der Waals surface area contributed by atoms with Gasteiger partial charge in [0.1, 0.15) is 11.6 Å². The highest BCUT2D eigenvalue weighted by Gasteiger charge is 2.08. The first-order valence-corrected chi connectivity index (χ1v) is 4.64. The van der Waals surface area contributed by atoms with Crippen LogP contribution in [-0.2, 0) is 0 Å². The summed E-state index contributed by atoms with van der Waals surface area (Å²) in [5.41, 5.74) is 6.41. The first-order valence-electron chi connectivity index (χ1n) is 4.64. The molecule has 78 valence electrons. The van der Waals surface area contributed by atoms with Crippen LogP contribution in [0.3, 0.4) is 0 Å². The number of nitrogens with one attached hydrogen (secondary N) is 1. The number of H-pyrrole nitrogens is 1. The minimum Gasteiger partial charge on any atom is -0.508 e. The summed E-state index contributed by atoms with van der Waals surface area (Å²) < 4.78 is 0. The third kappa shape index (κ3) is 1.97. The molecule has 2 rings (SSSR count). The lowest BCUT2D eigenvalue weighted by Crippen LogP contribution is -2.06. The van der Waals surface area contributed by atoms with Crippen molar-refractivity contribution in [2.45, 2.75) is 13.0 Å². The number of rotatable bonds is 2. The van der Waals surface area contributed by atoms with Crippen molar-refractivity contribution in [1.82, 2.24) is 15.2 Å². The fourth-order valence-electron chi connectivity index (χ4n) is 1.25. The van der Waals surface area contributed by atoms with Gasteiger partial charge in [0.05, 0.1) is 6.04 Å². The molecule has 0 radical (unpaired) electrons. The van der Waals surface area contributed by atoms with Gasteiger partial charge in [-0.2, -0.15) is 5.10 Å². The third-order valence-electron chi connectivity index (χ3n) is 2.04. The van der Waals surface area contributed by atoms with E-state index >= 15 is 0 Å². The second kappa shape index (κ2) is 3.70. The van der Waals surface area contributed by atoms with Crippen molar-refractivity contribution in [3.8, 4) is 17.1 Å². The molecule has 0 bridgehead atoms.